The van der Waals surface area contributed by atoms with Crippen LogP contribution in [0.2, 0.25) is 0 Å². The molecule has 4 rings (SSSR count). The molecule has 3 aromatic heterocycles. The zero-order chi connectivity index (χ0) is 19.5. The minimum absolute atomic E-state index is 0.195. The predicted molar refractivity (Wildman–Crippen MR) is 99.3 cm³/mol. The normalized spacial score (nSPS) is 16.9. The van der Waals surface area contributed by atoms with Gasteiger partial charge in [-0.25, -0.2) is 4.98 Å². The Bertz CT molecular complexity index is 1030. The number of hydrogen-bond donors (Lipinski definition) is 0. The van der Waals surface area contributed by atoms with Crippen molar-refractivity contribution in [3.8, 4) is 11.5 Å². The lowest BCUT2D eigenvalue weighted by molar-refractivity contribution is 0.0665. The first-order chi connectivity index (χ1) is 13.6. The van der Waals surface area contributed by atoms with Crippen LogP contribution in [0.5, 0.6) is 0 Å². The highest BCUT2D eigenvalue weighted by Crippen LogP contribution is 2.22. The fourth-order valence-corrected chi connectivity index (χ4v) is 3.45. The molecular formula is C19H20N6O3. The van der Waals surface area contributed by atoms with Crippen LogP contribution in [0.15, 0.2) is 46.2 Å². The molecular weight excluding hydrogens is 360 g/mol. The van der Waals surface area contributed by atoms with E-state index in [2.05, 4.69) is 20.1 Å². The molecule has 4 heterocycles. The van der Waals surface area contributed by atoms with Gasteiger partial charge in [-0.2, -0.15) is 4.98 Å². The van der Waals surface area contributed by atoms with Gasteiger partial charge in [0, 0.05) is 45.1 Å². The number of hydrogen-bond acceptors (Lipinski definition) is 7. The number of carbonyl (C=O) groups excluding carboxylic acids is 1. The fraction of sp³-hybridized carbons (Fsp3) is 0.368. The minimum atomic E-state index is -0.278. The molecule has 144 valence electrons. The molecule has 0 saturated carbocycles. The number of piperidine rings is 1. The minimum Gasteiger partial charge on any atom is -0.339 e. The number of pyridine rings is 1. The largest absolute Gasteiger partial charge is 0.339 e. The van der Waals surface area contributed by atoms with Gasteiger partial charge in [-0.1, -0.05) is 5.16 Å². The van der Waals surface area contributed by atoms with Crippen LogP contribution >= 0.6 is 0 Å². The molecule has 0 aromatic carbocycles. The van der Waals surface area contributed by atoms with Gasteiger partial charge in [-0.15, -0.1) is 0 Å². The molecule has 0 N–H and O–H groups in total. The van der Waals surface area contributed by atoms with E-state index in [0.717, 1.165) is 12.8 Å². The zero-order valence-corrected chi connectivity index (χ0v) is 15.5. The van der Waals surface area contributed by atoms with Crippen molar-refractivity contribution in [2.24, 2.45) is 13.0 Å². The molecule has 28 heavy (non-hydrogen) atoms. The molecule has 1 amide bonds. The second-order valence-electron chi connectivity index (χ2n) is 6.90. The number of carbonyl (C=O) groups is 1. The average molecular weight is 380 g/mol. The lowest BCUT2D eigenvalue weighted by atomic mass is 9.94. The third-order valence-corrected chi connectivity index (χ3v) is 4.88. The van der Waals surface area contributed by atoms with E-state index in [0.29, 0.717) is 36.9 Å². The van der Waals surface area contributed by atoms with Crippen molar-refractivity contribution in [2.45, 2.75) is 19.3 Å². The summed E-state index contributed by atoms with van der Waals surface area (Å²) in [6.45, 7) is 1.20. The van der Waals surface area contributed by atoms with Crippen molar-refractivity contribution < 1.29 is 9.32 Å². The van der Waals surface area contributed by atoms with E-state index < -0.39 is 0 Å². The van der Waals surface area contributed by atoms with Gasteiger partial charge in [0.15, 0.2) is 0 Å². The number of likely N-dealkylation sites (tertiary alicyclic amines) is 1. The van der Waals surface area contributed by atoms with Crippen LogP contribution in [0.3, 0.4) is 0 Å². The second kappa shape index (κ2) is 7.71. The van der Waals surface area contributed by atoms with Crippen LogP contribution in [-0.2, 0) is 13.5 Å². The van der Waals surface area contributed by atoms with Crippen LogP contribution in [-0.4, -0.2) is 48.6 Å². The average Bonchev–Trinajstić information content (AvgIpc) is 3.19. The number of nitrogens with zero attached hydrogens (tertiary/aromatic N) is 6. The van der Waals surface area contributed by atoms with E-state index in [9.17, 15) is 9.59 Å². The van der Waals surface area contributed by atoms with Gasteiger partial charge in [0.1, 0.15) is 11.3 Å². The first kappa shape index (κ1) is 18.0. The maximum Gasteiger partial charge on any atom is 0.263 e. The Morgan fingerprint density at radius 3 is 3.07 bits per heavy atom. The van der Waals surface area contributed by atoms with E-state index >= 15 is 0 Å². The molecule has 0 aliphatic carbocycles. The van der Waals surface area contributed by atoms with Gasteiger partial charge in [0.25, 0.3) is 11.5 Å². The van der Waals surface area contributed by atoms with Gasteiger partial charge in [-0.05, 0) is 30.9 Å². The maximum atomic E-state index is 12.8. The molecule has 1 atom stereocenters. The number of amides is 1. The molecule has 1 aliphatic heterocycles. The van der Waals surface area contributed by atoms with Crippen LogP contribution < -0.4 is 5.56 Å². The van der Waals surface area contributed by atoms with E-state index in [1.54, 1.807) is 48.9 Å². The van der Waals surface area contributed by atoms with Crippen LogP contribution in [0.1, 0.15) is 29.1 Å². The summed E-state index contributed by atoms with van der Waals surface area (Å²) >= 11 is 0. The summed E-state index contributed by atoms with van der Waals surface area (Å²) in [6, 6.07) is 3.29. The second-order valence-corrected chi connectivity index (χ2v) is 6.90. The summed E-state index contributed by atoms with van der Waals surface area (Å²) in [6.07, 6.45) is 8.78. The van der Waals surface area contributed by atoms with Crippen LogP contribution in [0, 0.1) is 5.92 Å². The predicted octanol–water partition coefficient (Wildman–Crippen LogP) is 1.32. The summed E-state index contributed by atoms with van der Waals surface area (Å²) < 4.78 is 6.77. The Hall–Kier alpha value is -3.36. The first-order valence-electron chi connectivity index (χ1n) is 9.15. The number of aromatic nitrogens is 5. The molecule has 0 unspecified atom stereocenters. The quantitative estimate of drug-likeness (QED) is 0.672. The lowest BCUT2D eigenvalue weighted by Gasteiger charge is -2.32. The summed E-state index contributed by atoms with van der Waals surface area (Å²) in [5.74, 6) is 0.882. The van der Waals surface area contributed by atoms with Crippen molar-refractivity contribution in [1.29, 1.82) is 0 Å². The fourth-order valence-electron chi connectivity index (χ4n) is 3.45. The topological polar surface area (TPSA) is 107 Å². The number of rotatable bonds is 4. The Balaban J connectivity index is 1.44. The van der Waals surface area contributed by atoms with E-state index in [-0.39, 0.29) is 22.9 Å². The molecule has 1 fully saturated rings. The summed E-state index contributed by atoms with van der Waals surface area (Å²) in [5, 5.41) is 3.96. The molecule has 0 radical (unpaired) electrons. The number of aryl methyl sites for hydroxylation is 1. The highest BCUT2D eigenvalue weighted by Gasteiger charge is 2.27. The van der Waals surface area contributed by atoms with Crippen molar-refractivity contribution in [1.82, 2.24) is 29.6 Å². The summed E-state index contributed by atoms with van der Waals surface area (Å²) in [7, 11) is 1.64. The van der Waals surface area contributed by atoms with Crippen molar-refractivity contribution in [3.63, 3.8) is 0 Å². The summed E-state index contributed by atoms with van der Waals surface area (Å²) in [4.78, 5) is 39.3. The van der Waals surface area contributed by atoms with Crippen molar-refractivity contribution >= 4 is 5.91 Å². The molecule has 1 saturated heterocycles. The maximum absolute atomic E-state index is 12.8. The first-order valence-corrected chi connectivity index (χ1v) is 9.15. The van der Waals surface area contributed by atoms with Gasteiger partial charge >= 0.3 is 0 Å². The Labute approximate surface area is 161 Å². The monoisotopic (exact) mass is 380 g/mol. The molecule has 0 spiro atoms. The molecule has 1 aliphatic rings. The SMILES string of the molecule is Cn1cccc(C(=O)N2CCC[C@@H](Cc3nc(-c4cnccn4)no3)C2)c1=O. The smallest absolute Gasteiger partial charge is 0.263 e. The molecule has 3 aromatic rings. The zero-order valence-electron chi connectivity index (χ0n) is 15.5. The van der Waals surface area contributed by atoms with Crippen LogP contribution in [0.25, 0.3) is 11.5 Å². The Morgan fingerprint density at radius 1 is 1.36 bits per heavy atom. The van der Waals surface area contributed by atoms with Gasteiger partial charge < -0.3 is 14.0 Å². The van der Waals surface area contributed by atoms with E-state index in [1.165, 1.54) is 4.57 Å². The Morgan fingerprint density at radius 2 is 2.25 bits per heavy atom. The van der Waals surface area contributed by atoms with E-state index in [4.69, 9.17) is 4.52 Å². The van der Waals surface area contributed by atoms with Gasteiger partial charge in [0.2, 0.25) is 11.7 Å². The van der Waals surface area contributed by atoms with E-state index in [1.807, 2.05) is 0 Å². The van der Waals surface area contributed by atoms with Crippen molar-refractivity contribution in [3.05, 3.63) is 58.7 Å². The third-order valence-electron chi connectivity index (χ3n) is 4.88. The Kier molecular flexibility index (Phi) is 4.96. The molecule has 0 bridgehead atoms. The summed E-state index contributed by atoms with van der Waals surface area (Å²) in [5.41, 5.74) is 0.478. The third kappa shape index (κ3) is 3.68. The molecule has 9 nitrogen and oxygen atoms in total. The molecule has 9 heteroatoms. The van der Waals surface area contributed by atoms with Crippen LogP contribution in [0.4, 0.5) is 0 Å². The van der Waals surface area contributed by atoms with Crippen molar-refractivity contribution in [2.75, 3.05) is 13.1 Å². The van der Waals surface area contributed by atoms with Gasteiger partial charge in [-0.3, -0.25) is 14.6 Å². The lowest BCUT2D eigenvalue weighted by Crippen LogP contribution is -2.42. The highest BCUT2D eigenvalue weighted by atomic mass is 16.5. The standard InChI is InChI=1S/C19H20N6O3/c1-24-8-3-5-14(18(24)26)19(27)25-9-2-4-13(12-25)10-16-22-17(23-28-16)15-11-20-6-7-21-15/h3,5-8,11,13H,2,4,9-10,12H2,1H3/t13-/m0/s1. The highest BCUT2D eigenvalue weighted by molar-refractivity contribution is 5.93. The van der Waals surface area contributed by atoms with Gasteiger partial charge in [0.05, 0.1) is 6.20 Å².